The Hall–Kier alpha value is -2.10. The lowest BCUT2D eigenvalue weighted by atomic mass is 10.1. The van der Waals surface area contributed by atoms with E-state index in [-0.39, 0.29) is 11.7 Å². The number of hydrogen-bond donors (Lipinski definition) is 2. The van der Waals surface area contributed by atoms with Crippen LogP contribution in [0.4, 0.5) is 0 Å². The number of ketones is 1. The molecule has 0 fully saturated rings. The predicted octanol–water partition coefficient (Wildman–Crippen LogP) is 1.80. The highest BCUT2D eigenvalue weighted by Crippen LogP contribution is 2.15. The van der Waals surface area contributed by atoms with Gasteiger partial charge in [-0.05, 0) is 24.4 Å². The fourth-order valence-corrected chi connectivity index (χ4v) is 2.01. The van der Waals surface area contributed by atoms with E-state index in [0.717, 1.165) is 16.6 Å². The van der Waals surface area contributed by atoms with Crippen LogP contribution >= 0.6 is 0 Å². The monoisotopic (exact) mass is 244 g/mol. The number of hydrogen-bond acceptors (Lipinski definition) is 2. The Balaban J connectivity index is 2.20. The molecule has 0 aliphatic carbocycles. The highest BCUT2D eigenvalue weighted by molar-refractivity contribution is 5.87. The lowest BCUT2D eigenvalue weighted by Crippen LogP contribution is -2.40. The minimum absolute atomic E-state index is 0.0381. The first-order chi connectivity index (χ1) is 8.56. The van der Waals surface area contributed by atoms with Crippen molar-refractivity contribution in [3.8, 4) is 0 Å². The summed E-state index contributed by atoms with van der Waals surface area (Å²) in [6.07, 6.45) is 0.490. The van der Waals surface area contributed by atoms with Crippen LogP contribution in [0.25, 0.3) is 10.9 Å². The summed E-state index contributed by atoms with van der Waals surface area (Å²) < 4.78 is 0. The van der Waals surface area contributed by atoms with E-state index in [9.17, 15) is 9.59 Å². The number of carbonyl (C=O) groups excluding carboxylic acids is 2. The molecule has 4 heteroatoms. The molecule has 0 saturated heterocycles. The van der Waals surface area contributed by atoms with Crippen molar-refractivity contribution in [2.75, 3.05) is 0 Å². The van der Waals surface area contributed by atoms with Crippen molar-refractivity contribution < 1.29 is 9.59 Å². The molecule has 0 bridgehead atoms. The number of aromatic amines is 1. The molecule has 0 saturated carbocycles. The minimum Gasteiger partial charge on any atom is -0.358 e. The average Bonchev–Trinajstić information content (AvgIpc) is 2.69. The molecule has 2 rings (SSSR count). The molecule has 1 unspecified atom stereocenters. The Labute approximate surface area is 105 Å². The van der Waals surface area contributed by atoms with Crippen molar-refractivity contribution in [2.24, 2.45) is 0 Å². The van der Waals surface area contributed by atoms with Crippen molar-refractivity contribution >= 4 is 22.6 Å². The van der Waals surface area contributed by atoms with Gasteiger partial charge in [0.05, 0.1) is 6.04 Å². The maximum absolute atomic E-state index is 11.5. The third-order valence-electron chi connectivity index (χ3n) is 2.88. The van der Waals surface area contributed by atoms with Gasteiger partial charge in [-0.1, -0.05) is 18.2 Å². The molecule has 18 heavy (non-hydrogen) atoms. The molecule has 1 amide bonds. The first-order valence-corrected chi connectivity index (χ1v) is 5.90. The van der Waals surface area contributed by atoms with E-state index < -0.39 is 6.04 Å². The second-order valence-corrected chi connectivity index (χ2v) is 4.45. The summed E-state index contributed by atoms with van der Waals surface area (Å²) in [5.41, 5.74) is 1.99. The number of carbonyl (C=O) groups is 2. The van der Waals surface area contributed by atoms with Gasteiger partial charge < -0.3 is 10.3 Å². The molecule has 1 aromatic carbocycles. The zero-order valence-electron chi connectivity index (χ0n) is 10.5. The predicted molar refractivity (Wildman–Crippen MR) is 70.3 cm³/mol. The molecule has 0 spiro atoms. The summed E-state index contributed by atoms with van der Waals surface area (Å²) in [6, 6.07) is 9.47. The number of fused-ring (bicyclic) bond motifs is 1. The van der Waals surface area contributed by atoms with E-state index in [1.807, 2.05) is 30.3 Å². The molecule has 0 aliphatic rings. The Morgan fingerprint density at radius 1 is 1.28 bits per heavy atom. The van der Waals surface area contributed by atoms with Gasteiger partial charge in [0.1, 0.15) is 0 Å². The summed E-state index contributed by atoms with van der Waals surface area (Å²) in [7, 11) is 0. The first kappa shape index (κ1) is 12.4. The van der Waals surface area contributed by atoms with Crippen LogP contribution in [0.3, 0.4) is 0 Å². The number of rotatable bonds is 4. The SMILES string of the molecule is CC(=O)NC(Cc1cc2ccccc2[nH]1)C(C)=O. The van der Waals surface area contributed by atoms with Gasteiger partial charge in [-0.2, -0.15) is 0 Å². The molecule has 94 valence electrons. The van der Waals surface area contributed by atoms with E-state index in [1.165, 1.54) is 13.8 Å². The summed E-state index contributed by atoms with van der Waals surface area (Å²) in [5, 5.41) is 3.77. The maximum Gasteiger partial charge on any atom is 0.217 e. The number of para-hydroxylation sites is 1. The molecular weight excluding hydrogens is 228 g/mol. The first-order valence-electron chi connectivity index (χ1n) is 5.90. The molecule has 0 radical (unpaired) electrons. The van der Waals surface area contributed by atoms with Gasteiger partial charge in [-0.3, -0.25) is 9.59 Å². The minimum atomic E-state index is -0.462. The van der Waals surface area contributed by atoms with Crippen LogP contribution in [-0.2, 0) is 16.0 Å². The topological polar surface area (TPSA) is 62.0 Å². The van der Waals surface area contributed by atoms with Gasteiger partial charge in [-0.25, -0.2) is 0 Å². The lowest BCUT2D eigenvalue weighted by molar-refractivity contribution is -0.125. The second kappa shape index (κ2) is 5.04. The van der Waals surface area contributed by atoms with Crippen molar-refractivity contribution in [1.29, 1.82) is 0 Å². The summed E-state index contributed by atoms with van der Waals surface area (Å²) in [6.45, 7) is 2.91. The molecule has 2 aromatic rings. The maximum atomic E-state index is 11.5. The second-order valence-electron chi connectivity index (χ2n) is 4.45. The van der Waals surface area contributed by atoms with Crippen molar-refractivity contribution in [3.63, 3.8) is 0 Å². The van der Waals surface area contributed by atoms with E-state index in [1.54, 1.807) is 0 Å². The molecule has 1 atom stereocenters. The van der Waals surface area contributed by atoms with Crippen LogP contribution < -0.4 is 5.32 Å². The van der Waals surface area contributed by atoms with Gasteiger partial charge in [0.2, 0.25) is 5.91 Å². The molecule has 0 aliphatic heterocycles. The molecule has 4 nitrogen and oxygen atoms in total. The lowest BCUT2D eigenvalue weighted by Gasteiger charge is -2.13. The highest BCUT2D eigenvalue weighted by atomic mass is 16.2. The Kier molecular flexibility index (Phi) is 3.46. The van der Waals surface area contributed by atoms with Crippen LogP contribution in [-0.4, -0.2) is 22.7 Å². The van der Waals surface area contributed by atoms with E-state index in [0.29, 0.717) is 6.42 Å². The van der Waals surface area contributed by atoms with E-state index >= 15 is 0 Å². The van der Waals surface area contributed by atoms with Gasteiger partial charge >= 0.3 is 0 Å². The largest absolute Gasteiger partial charge is 0.358 e. The number of nitrogens with one attached hydrogen (secondary N) is 2. The standard InChI is InChI=1S/C14H16N2O2/c1-9(17)14(15-10(2)18)8-12-7-11-5-3-4-6-13(11)16-12/h3-7,14,16H,8H2,1-2H3,(H,15,18). The fraction of sp³-hybridized carbons (Fsp3) is 0.286. The summed E-state index contributed by atoms with van der Waals surface area (Å²) >= 11 is 0. The summed E-state index contributed by atoms with van der Waals surface area (Å²) in [5.74, 6) is -0.227. The third kappa shape index (κ3) is 2.77. The number of amides is 1. The Morgan fingerprint density at radius 2 is 2.00 bits per heavy atom. The zero-order valence-corrected chi connectivity index (χ0v) is 10.5. The fourth-order valence-electron chi connectivity index (χ4n) is 2.01. The number of aromatic nitrogens is 1. The van der Waals surface area contributed by atoms with E-state index in [4.69, 9.17) is 0 Å². The molecule has 1 aromatic heterocycles. The normalized spacial score (nSPS) is 12.3. The number of H-pyrrole nitrogens is 1. The van der Waals surface area contributed by atoms with Gasteiger partial charge in [0.25, 0.3) is 0 Å². The third-order valence-corrected chi connectivity index (χ3v) is 2.88. The molecule has 2 N–H and O–H groups in total. The van der Waals surface area contributed by atoms with Gasteiger partial charge in [0, 0.05) is 24.6 Å². The van der Waals surface area contributed by atoms with Crippen LogP contribution in [0, 0.1) is 0 Å². The Bertz CT molecular complexity index is 553. The van der Waals surface area contributed by atoms with Crippen molar-refractivity contribution in [1.82, 2.24) is 10.3 Å². The van der Waals surface area contributed by atoms with Crippen LogP contribution in [0.5, 0.6) is 0 Å². The van der Waals surface area contributed by atoms with Crippen LogP contribution in [0.2, 0.25) is 0 Å². The molecule has 1 heterocycles. The highest BCUT2D eigenvalue weighted by Gasteiger charge is 2.16. The number of Topliss-reactive ketones (excluding diaryl/α,β-unsaturated/α-hetero) is 1. The smallest absolute Gasteiger partial charge is 0.217 e. The van der Waals surface area contributed by atoms with Gasteiger partial charge in [0.15, 0.2) is 5.78 Å². The zero-order chi connectivity index (χ0) is 13.1. The molecular formula is C14H16N2O2. The van der Waals surface area contributed by atoms with Gasteiger partial charge in [-0.15, -0.1) is 0 Å². The average molecular weight is 244 g/mol. The van der Waals surface area contributed by atoms with Crippen molar-refractivity contribution in [2.45, 2.75) is 26.3 Å². The quantitative estimate of drug-likeness (QED) is 0.861. The van der Waals surface area contributed by atoms with E-state index in [2.05, 4.69) is 10.3 Å². The van der Waals surface area contributed by atoms with Crippen LogP contribution in [0.1, 0.15) is 19.5 Å². The Morgan fingerprint density at radius 3 is 2.61 bits per heavy atom. The van der Waals surface area contributed by atoms with Crippen molar-refractivity contribution in [3.05, 3.63) is 36.0 Å². The number of benzene rings is 1. The summed E-state index contributed by atoms with van der Waals surface area (Å²) in [4.78, 5) is 25.8. The van der Waals surface area contributed by atoms with Crippen LogP contribution in [0.15, 0.2) is 30.3 Å².